The molecule has 30 heavy (non-hydrogen) atoms. The fourth-order valence-electron chi connectivity index (χ4n) is 4.13. The topological polar surface area (TPSA) is 55.2 Å². The number of rotatable bonds is 5. The molecule has 1 aromatic carbocycles. The minimum Gasteiger partial charge on any atom is -0.342 e. The highest BCUT2D eigenvalue weighted by molar-refractivity contribution is 8.00. The van der Waals surface area contributed by atoms with Crippen LogP contribution in [0.1, 0.15) is 39.0 Å². The first kappa shape index (κ1) is 21.1. The van der Waals surface area contributed by atoms with Crippen LogP contribution in [0.2, 0.25) is 0 Å². The van der Waals surface area contributed by atoms with Crippen molar-refractivity contribution in [2.24, 2.45) is 7.05 Å². The van der Waals surface area contributed by atoms with Crippen molar-refractivity contribution in [1.82, 2.24) is 14.5 Å². The second-order valence-corrected chi connectivity index (χ2v) is 10.1. The number of thioether (sulfide) groups is 1. The summed E-state index contributed by atoms with van der Waals surface area (Å²) in [5.74, 6) is 0.109. The fraction of sp³-hybridized carbons (Fsp3) is 0.435. The number of benzene rings is 1. The Balaban J connectivity index is 1.60. The summed E-state index contributed by atoms with van der Waals surface area (Å²) in [6, 6.07) is 10.2. The van der Waals surface area contributed by atoms with E-state index in [0.717, 1.165) is 28.8 Å². The molecule has 1 fully saturated rings. The zero-order chi connectivity index (χ0) is 21.3. The Morgan fingerprint density at radius 3 is 2.63 bits per heavy atom. The summed E-state index contributed by atoms with van der Waals surface area (Å²) < 4.78 is 1.58. The van der Waals surface area contributed by atoms with Crippen LogP contribution in [0.15, 0.2) is 45.7 Å². The van der Waals surface area contributed by atoms with Crippen molar-refractivity contribution in [3.05, 3.63) is 46.1 Å². The van der Waals surface area contributed by atoms with Gasteiger partial charge >= 0.3 is 0 Å². The van der Waals surface area contributed by atoms with E-state index in [1.165, 1.54) is 42.4 Å². The molecule has 1 atom stereocenters. The van der Waals surface area contributed by atoms with Gasteiger partial charge in [-0.15, -0.1) is 11.3 Å². The van der Waals surface area contributed by atoms with Crippen molar-refractivity contribution in [3.63, 3.8) is 0 Å². The van der Waals surface area contributed by atoms with E-state index in [1.54, 1.807) is 11.6 Å². The zero-order valence-corrected chi connectivity index (χ0v) is 19.3. The highest BCUT2D eigenvalue weighted by atomic mass is 32.2. The molecule has 1 aliphatic carbocycles. The second-order valence-electron chi connectivity index (χ2n) is 7.96. The van der Waals surface area contributed by atoms with E-state index in [9.17, 15) is 9.59 Å². The maximum Gasteiger partial charge on any atom is 0.263 e. The van der Waals surface area contributed by atoms with Crippen LogP contribution in [0.25, 0.3) is 21.3 Å². The number of carbonyl (C=O) groups excluding carboxylic acids is 1. The lowest BCUT2D eigenvalue weighted by molar-refractivity contribution is -0.131. The third kappa shape index (κ3) is 4.05. The lowest BCUT2D eigenvalue weighted by Gasteiger charge is -2.32. The van der Waals surface area contributed by atoms with Crippen LogP contribution in [-0.2, 0) is 11.8 Å². The van der Waals surface area contributed by atoms with Crippen molar-refractivity contribution >= 4 is 39.2 Å². The van der Waals surface area contributed by atoms with Gasteiger partial charge in [0.15, 0.2) is 5.16 Å². The quantitative estimate of drug-likeness (QED) is 0.416. The summed E-state index contributed by atoms with van der Waals surface area (Å²) >= 11 is 2.85. The third-order valence-corrected chi connectivity index (χ3v) is 7.96. The average molecular weight is 442 g/mol. The molecule has 1 saturated carbocycles. The highest BCUT2D eigenvalue weighted by Gasteiger charge is 2.27. The molecular weight excluding hydrogens is 414 g/mol. The monoisotopic (exact) mass is 441 g/mol. The van der Waals surface area contributed by atoms with Crippen LogP contribution in [0.4, 0.5) is 0 Å². The minimum absolute atomic E-state index is 0.0668. The van der Waals surface area contributed by atoms with Gasteiger partial charge in [-0.25, -0.2) is 4.98 Å². The lowest BCUT2D eigenvalue weighted by atomic mass is 9.94. The number of nitrogens with zero attached hydrogens (tertiary/aromatic N) is 3. The molecule has 1 unspecified atom stereocenters. The SMILES string of the molecule is CC(Sc1nc2scc(-c3ccccc3)c2c(=O)n1C)C(=O)N(C)C1CCCCC1. The van der Waals surface area contributed by atoms with Crippen molar-refractivity contribution in [1.29, 1.82) is 0 Å². The Bertz CT molecular complexity index is 1100. The van der Waals surface area contributed by atoms with E-state index in [2.05, 4.69) is 0 Å². The van der Waals surface area contributed by atoms with Gasteiger partial charge in [-0.1, -0.05) is 61.4 Å². The van der Waals surface area contributed by atoms with Crippen LogP contribution in [0, 0.1) is 0 Å². The van der Waals surface area contributed by atoms with Crippen LogP contribution in [0.3, 0.4) is 0 Å². The number of hydrogen-bond donors (Lipinski definition) is 0. The van der Waals surface area contributed by atoms with Gasteiger partial charge in [-0.05, 0) is 25.3 Å². The van der Waals surface area contributed by atoms with Crippen LogP contribution < -0.4 is 5.56 Å². The first-order chi connectivity index (χ1) is 14.5. The van der Waals surface area contributed by atoms with E-state index in [0.29, 0.717) is 16.6 Å². The summed E-state index contributed by atoms with van der Waals surface area (Å²) in [4.78, 5) is 33.5. The van der Waals surface area contributed by atoms with Gasteiger partial charge in [0.25, 0.3) is 5.56 Å². The molecule has 1 aliphatic rings. The number of amides is 1. The predicted molar refractivity (Wildman–Crippen MR) is 125 cm³/mol. The first-order valence-electron chi connectivity index (χ1n) is 10.4. The molecule has 3 aromatic rings. The van der Waals surface area contributed by atoms with E-state index in [1.807, 2.05) is 54.6 Å². The standard InChI is InChI=1S/C23H27N3O2S2/c1-15(21(27)25(2)17-12-8-5-9-13-17)30-23-24-20-19(22(28)26(23)3)18(14-29-20)16-10-6-4-7-11-16/h4,6-7,10-11,14-15,17H,5,8-9,12-13H2,1-3H3. The molecule has 158 valence electrons. The van der Waals surface area contributed by atoms with Gasteiger partial charge in [0.05, 0.1) is 10.6 Å². The molecular formula is C23H27N3O2S2. The van der Waals surface area contributed by atoms with Gasteiger partial charge in [0.2, 0.25) is 5.91 Å². The van der Waals surface area contributed by atoms with E-state index < -0.39 is 0 Å². The summed E-state index contributed by atoms with van der Waals surface area (Å²) in [6.07, 6.45) is 5.82. The van der Waals surface area contributed by atoms with Crippen molar-refractivity contribution < 1.29 is 4.79 Å². The van der Waals surface area contributed by atoms with Gasteiger partial charge in [0, 0.05) is 31.1 Å². The maximum absolute atomic E-state index is 13.2. The van der Waals surface area contributed by atoms with Crippen molar-refractivity contribution in [2.75, 3.05) is 7.05 Å². The molecule has 0 radical (unpaired) electrons. The van der Waals surface area contributed by atoms with Gasteiger partial charge in [-0.2, -0.15) is 0 Å². The Kier molecular flexibility index (Phi) is 6.29. The Morgan fingerprint density at radius 2 is 1.93 bits per heavy atom. The summed E-state index contributed by atoms with van der Waals surface area (Å²) in [5, 5.41) is 2.94. The number of hydrogen-bond acceptors (Lipinski definition) is 5. The Labute approximate surface area is 185 Å². The van der Waals surface area contributed by atoms with Crippen LogP contribution >= 0.6 is 23.1 Å². The zero-order valence-electron chi connectivity index (χ0n) is 17.6. The molecule has 7 heteroatoms. The van der Waals surface area contributed by atoms with Crippen LogP contribution in [-0.4, -0.2) is 38.7 Å². The summed E-state index contributed by atoms with van der Waals surface area (Å²) in [5.41, 5.74) is 1.87. The summed E-state index contributed by atoms with van der Waals surface area (Å²) in [7, 11) is 3.65. The summed E-state index contributed by atoms with van der Waals surface area (Å²) in [6.45, 7) is 1.91. The second kappa shape index (κ2) is 8.94. The third-order valence-electron chi connectivity index (χ3n) is 5.96. The van der Waals surface area contributed by atoms with Crippen molar-refractivity contribution in [2.45, 2.75) is 55.5 Å². The number of carbonyl (C=O) groups is 1. The van der Waals surface area contributed by atoms with E-state index >= 15 is 0 Å². The molecule has 0 spiro atoms. The Hall–Kier alpha value is -2.12. The molecule has 0 bridgehead atoms. The largest absolute Gasteiger partial charge is 0.342 e. The van der Waals surface area contributed by atoms with Gasteiger partial charge in [0.1, 0.15) is 4.83 Å². The molecule has 0 aliphatic heterocycles. The number of aromatic nitrogens is 2. The van der Waals surface area contributed by atoms with Crippen LogP contribution in [0.5, 0.6) is 0 Å². The van der Waals surface area contributed by atoms with E-state index in [-0.39, 0.29) is 16.7 Å². The molecule has 2 aromatic heterocycles. The molecule has 0 N–H and O–H groups in total. The molecule has 2 heterocycles. The number of fused-ring (bicyclic) bond motifs is 1. The Morgan fingerprint density at radius 1 is 1.23 bits per heavy atom. The van der Waals surface area contributed by atoms with E-state index in [4.69, 9.17) is 4.98 Å². The average Bonchev–Trinajstić information content (AvgIpc) is 3.21. The highest BCUT2D eigenvalue weighted by Crippen LogP contribution is 2.33. The first-order valence-corrected chi connectivity index (χ1v) is 12.2. The van der Waals surface area contributed by atoms with Gasteiger partial charge < -0.3 is 4.90 Å². The number of thiophene rings is 1. The van der Waals surface area contributed by atoms with Gasteiger partial charge in [-0.3, -0.25) is 14.2 Å². The molecule has 0 saturated heterocycles. The predicted octanol–water partition coefficient (Wildman–Crippen LogP) is 4.93. The lowest BCUT2D eigenvalue weighted by Crippen LogP contribution is -2.42. The molecule has 5 nitrogen and oxygen atoms in total. The normalized spacial score (nSPS) is 16.0. The maximum atomic E-state index is 13.2. The van der Waals surface area contributed by atoms with Crippen molar-refractivity contribution in [3.8, 4) is 11.1 Å². The fourth-order valence-corrected chi connectivity index (χ4v) is 6.10. The molecule has 1 amide bonds. The molecule has 4 rings (SSSR count). The minimum atomic E-state index is -0.291. The smallest absolute Gasteiger partial charge is 0.263 e.